The lowest BCUT2D eigenvalue weighted by atomic mass is 10.0. The molecular weight excluding hydrogens is 496 g/mol. The zero-order valence-corrected chi connectivity index (χ0v) is 21.4. The first kappa shape index (κ1) is 32.5. The number of carbonyl (C=O) groups excluding carboxylic acids is 3. The number of nitrogens with one attached hydrogen (secondary N) is 3. The molecule has 0 aliphatic carbocycles. The van der Waals surface area contributed by atoms with Crippen molar-refractivity contribution in [3.05, 3.63) is 35.9 Å². The van der Waals surface area contributed by atoms with Crippen LogP contribution in [0.2, 0.25) is 0 Å². The largest absolute Gasteiger partial charge is 0.481 e. The maximum Gasteiger partial charge on any atom is 0.326 e. The third kappa shape index (κ3) is 12.6. The van der Waals surface area contributed by atoms with Crippen molar-refractivity contribution in [2.75, 3.05) is 13.1 Å². The number of amides is 3. The summed E-state index contributed by atoms with van der Waals surface area (Å²) < 4.78 is 0. The standard InChI is InChI=1S/C25H40N6O7/c26-12-6-4-10-17(28)22(34)30-19(15-21(32)33)24(36)29-18(11-5-7-13-27)23(35)31-20(25(37)38)14-16-8-2-1-3-9-16/h1-3,8-9,17-20H,4-7,10-15,26-28H2,(H,29,36)(H,30,34)(H,31,35)(H,32,33)(H,37,38)/t17-,18-,19-,20-/m0/s1. The SMILES string of the molecule is NCCCC[C@H](NC(=O)[C@H](CC(=O)O)NC(=O)[C@@H](N)CCCCN)C(=O)N[C@@H](Cc1ccccc1)C(=O)O. The highest BCUT2D eigenvalue weighted by molar-refractivity contribution is 5.95. The van der Waals surface area contributed by atoms with Crippen molar-refractivity contribution in [3.63, 3.8) is 0 Å². The van der Waals surface area contributed by atoms with E-state index in [0.29, 0.717) is 50.8 Å². The molecule has 0 saturated heterocycles. The molecule has 1 rings (SSSR count). The smallest absolute Gasteiger partial charge is 0.326 e. The van der Waals surface area contributed by atoms with Gasteiger partial charge in [-0.15, -0.1) is 0 Å². The van der Waals surface area contributed by atoms with E-state index < -0.39 is 60.2 Å². The molecule has 0 bridgehead atoms. The van der Waals surface area contributed by atoms with Crippen molar-refractivity contribution in [2.24, 2.45) is 17.2 Å². The molecule has 0 fully saturated rings. The fraction of sp³-hybridized carbons (Fsp3) is 0.560. The van der Waals surface area contributed by atoms with Crippen LogP contribution in [0.1, 0.15) is 50.5 Å². The minimum Gasteiger partial charge on any atom is -0.481 e. The maximum atomic E-state index is 13.0. The van der Waals surface area contributed by atoms with Gasteiger partial charge in [-0.25, -0.2) is 4.79 Å². The molecular formula is C25H40N6O7. The molecule has 0 aliphatic rings. The Hall–Kier alpha value is -3.55. The molecule has 0 saturated carbocycles. The van der Waals surface area contributed by atoms with Gasteiger partial charge in [0.1, 0.15) is 18.1 Å². The zero-order valence-electron chi connectivity index (χ0n) is 21.4. The number of carboxylic acid groups (broad SMARTS) is 2. The van der Waals surface area contributed by atoms with E-state index in [-0.39, 0.29) is 12.8 Å². The van der Waals surface area contributed by atoms with Crippen LogP contribution in [0.3, 0.4) is 0 Å². The predicted octanol–water partition coefficient (Wildman–Crippen LogP) is -1.17. The number of rotatable bonds is 19. The van der Waals surface area contributed by atoms with E-state index in [4.69, 9.17) is 17.2 Å². The third-order valence-electron chi connectivity index (χ3n) is 5.79. The monoisotopic (exact) mass is 536 g/mol. The number of benzene rings is 1. The lowest BCUT2D eigenvalue weighted by Gasteiger charge is -2.25. The molecule has 11 N–H and O–H groups in total. The number of nitrogens with two attached hydrogens (primary N) is 3. The molecule has 13 heteroatoms. The van der Waals surface area contributed by atoms with Crippen LogP contribution in [0.5, 0.6) is 0 Å². The Labute approximate surface area is 221 Å². The normalized spacial score (nSPS) is 14.0. The minimum absolute atomic E-state index is 0.0190. The average molecular weight is 537 g/mol. The molecule has 0 radical (unpaired) electrons. The van der Waals surface area contributed by atoms with Crippen LogP contribution in [0, 0.1) is 0 Å². The summed E-state index contributed by atoms with van der Waals surface area (Å²) >= 11 is 0. The van der Waals surface area contributed by atoms with Crippen LogP contribution >= 0.6 is 0 Å². The first-order chi connectivity index (χ1) is 18.1. The van der Waals surface area contributed by atoms with E-state index >= 15 is 0 Å². The van der Waals surface area contributed by atoms with Crippen LogP contribution in [0.15, 0.2) is 30.3 Å². The Kier molecular flexibility index (Phi) is 15.2. The minimum atomic E-state index is -1.50. The van der Waals surface area contributed by atoms with Gasteiger partial charge in [0.25, 0.3) is 0 Å². The third-order valence-corrected chi connectivity index (χ3v) is 5.79. The lowest BCUT2D eigenvalue weighted by molar-refractivity contribution is -0.143. The predicted molar refractivity (Wildman–Crippen MR) is 140 cm³/mol. The zero-order chi connectivity index (χ0) is 28.5. The van der Waals surface area contributed by atoms with Crippen molar-refractivity contribution >= 4 is 29.7 Å². The fourth-order valence-corrected chi connectivity index (χ4v) is 3.66. The Bertz CT molecular complexity index is 915. The summed E-state index contributed by atoms with van der Waals surface area (Å²) in [5, 5.41) is 26.1. The van der Waals surface area contributed by atoms with E-state index in [1.165, 1.54) is 0 Å². The van der Waals surface area contributed by atoms with Crippen molar-refractivity contribution in [3.8, 4) is 0 Å². The molecule has 1 aromatic carbocycles. The second-order valence-electron chi connectivity index (χ2n) is 8.98. The molecule has 13 nitrogen and oxygen atoms in total. The highest BCUT2D eigenvalue weighted by atomic mass is 16.4. The van der Waals surface area contributed by atoms with Crippen LogP contribution < -0.4 is 33.2 Å². The molecule has 0 heterocycles. The van der Waals surface area contributed by atoms with Gasteiger partial charge >= 0.3 is 11.9 Å². The maximum absolute atomic E-state index is 13.0. The molecule has 1 aromatic rings. The molecule has 4 atom stereocenters. The highest BCUT2D eigenvalue weighted by Gasteiger charge is 2.31. The number of carbonyl (C=O) groups is 5. The van der Waals surface area contributed by atoms with Gasteiger partial charge < -0.3 is 43.4 Å². The molecule has 0 spiro atoms. The van der Waals surface area contributed by atoms with Crippen molar-refractivity contribution < 1.29 is 34.2 Å². The number of hydrogen-bond donors (Lipinski definition) is 8. The van der Waals surface area contributed by atoms with Gasteiger partial charge in [-0.2, -0.15) is 0 Å². The molecule has 0 unspecified atom stereocenters. The quantitative estimate of drug-likeness (QED) is 0.0985. The summed E-state index contributed by atoms with van der Waals surface area (Å²) in [6, 6.07) is 3.80. The van der Waals surface area contributed by atoms with Gasteiger partial charge in [0.05, 0.1) is 12.5 Å². The van der Waals surface area contributed by atoms with Gasteiger partial charge in [-0.05, 0) is 50.8 Å². The topological polar surface area (TPSA) is 240 Å². The summed E-state index contributed by atoms with van der Waals surface area (Å²) in [6.45, 7) is 0.772. The summed E-state index contributed by atoms with van der Waals surface area (Å²) in [4.78, 5) is 61.7. The molecule has 0 aromatic heterocycles. The number of carboxylic acids is 2. The number of hydrogen-bond acceptors (Lipinski definition) is 8. The summed E-state index contributed by atoms with van der Waals surface area (Å²) in [5.74, 6) is -4.97. The van der Waals surface area contributed by atoms with Gasteiger partial charge in [0.2, 0.25) is 17.7 Å². The van der Waals surface area contributed by atoms with E-state index in [9.17, 15) is 34.2 Å². The first-order valence-electron chi connectivity index (χ1n) is 12.6. The Balaban J connectivity index is 2.97. The Morgan fingerprint density at radius 2 is 1.24 bits per heavy atom. The lowest BCUT2D eigenvalue weighted by Crippen LogP contribution is -2.57. The molecule has 38 heavy (non-hydrogen) atoms. The van der Waals surface area contributed by atoms with Gasteiger partial charge in [-0.1, -0.05) is 36.8 Å². The summed E-state index contributed by atoms with van der Waals surface area (Å²) in [7, 11) is 0. The average Bonchev–Trinajstić information content (AvgIpc) is 2.87. The van der Waals surface area contributed by atoms with Crippen molar-refractivity contribution in [2.45, 2.75) is 75.5 Å². The van der Waals surface area contributed by atoms with Crippen LogP contribution in [0.25, 0.3) is 0 Å². The van der Waals surface area contributed by atoms with Crippen molar-refractivity contribution in [1.82, 2.24) is 16.0 Å². The Morgan fingerprint density at radius 1 is 0.711 bits per heavy atom. The van der Waals surface area contributed by atoms with Crippen molar-refractivity contribution in [1.29, 1.82) is 0 Å². The van der Waals surface area contributed by atoms with Crippen LogP contribution in [0.4, 0.5) is 0 Å². The molecule has 212 valence electrons. The van der Waals surface area contributed by atoms with Crippen LogP contribution in [-0.4, -0.2) is 77.1 Å². The van der Waals surface area contributed by atoms with E-state index in [1.54, 1.807) is 30.3 Å². The van der Waals surface area contributed by atoms with Gasteiger partial charge in [-0.3, -0.25) is 19.2 Å². The number of aliphatic carboxylic acids is 2. The Morgan fingerprint density at radius 3 is 1.79 bits per heavy atom. The van der Waals surface area contributed by atoms with E-state index in [1.807, 2.05) is 0 Å². The second kappa shape index (κ2) is 17.8. The van der Waals surface area contributed by atoms with E-state index in [0.717, 1.165) is 0 Å². The van der Waals surface area contributed by atoms with Gasteiger partial charge in [0.15, 0.2) is 0 Å². The highest BCUT2D eigenvalue weighted by Crippen LogP contribution is 2.08. The summed E-state index contributed by atoms with van der Waals surface area (Å²) in [5.41, 5.74) is 17.5. The molecule has 0 aliphatic heterocycles. The van der Waals surface area contributed by atoms with Gasteiger partial charge in [0, 0.05) is 6.42 Å². The number of unbranched alkanes of at least 4 members (excludes halogenated alkanes) is 2. The molecule has 3 amide bonds. The van der Waals surface area contributed by atoms with Crippen LogP contribution in [-0.2, 0) is 30.4 Å². The second-order valence-corrected chi connectivity index (χ2v) is 8.98. The first-order valence-corrected chi connectivity index (χ1v) is 12.6. The fourth-order valence-electron chi connectivity index (χ4n) is 3.66. The van der Waals surface area contributed by atoms with E-state index in [2.05, 4.69) is 16.0 Å². The summed E-state index contributed by atoms with van der Waals surface area (Å²) in [6.07, 6.45) is 1.91.